The Morgan fingerprint density at radius 1 is 1.15 bits per heavy atom. The third-order valence-electron chi connectivity index (χ3n) is 2.83. The van der Waals surface area contributed by atoms with Crippen LogP contribution in [-0.2, 0) is 11.4 Å². The third-order valence-corrected chi connectivity index (χ3v) is 3.22. The fraction of sp³-hybridized carbons (Fsp3) is 0.133. The summed E-state index contributed by atoms with van der Waals surface area (Å²) in [7, 11) is 0. The van der Waals surface area contributed by atoms with Gasteiger partial charge >= 0.3 is 0 Å². The number of hydrogen-bond donors (Lipinski definition) is 2. The van der Waals surface area contributed by atoms with Crippen LogP contribution in [0.4, 0.5) is 5.69 Å². The molecule has 0 fully saturated rings. The molecule has 0 spiro atoms. The average molecular weight is 310 g/mol. The number of carbonyl (C=O) groups is 1. The highest BCUT2D eigenvalue weighted by Crippen LogP contribution is 2.26. The molecule has 0 aliphatic rings. The van der Waals surface area contributed by atoms with Crippen molar-refractivity contribution in [2.24, 2.45) is 0 Å². The second-order valence-corrected chi connectivity index (χ2v) is 5.28. The van der Waals surface area contributed by atoms with Crippen LogP contribution in [0.15, 0.2) is 48.5 Å². The van der Waals surface area contributed by atoms with Crippen molar-refractivity contribution in [3.05, 3.63) is 54.1 Å². The molecule has 20 heavy (non-hydrogen) atoms. The average Bonchev–Trinajstić information content (AvgIpc) is 2.47. The molecule has 2 aromatic carbocycles. The van der Waals surface area contributed by atoms with Crippen LogP contribution in [0.25, 0.3) is 11.1 Å². The number of alkyl halides is 2. The Labute approximate surface area is 127 Å². The number of nitrogens with one attached hydrogen (secondary N) is 1. The predicted octanol–water partition coefficient (Wildman–Crippen LogP) is 3.59. The van der Waals surface area contributed by atoms with Gasteiger partial charge in [0.1, 0.15) is 0 Å². The highest BCUT2D eigenvalue weighted by Gasteiger charge is 2.12. The van der Waals surface area contributed by atoms with Gasteiger partial charge in [0.15, 0.2) is 4.84 Å². The number of carbonyl (C=O) groups excluding carboxylic acids is 1. The second kappa shape index (κ2) is 6.75. The van der Waals surface area contributed by atoms with E-state index in [9.17, 15) is 9.90 Å². The summed E-state index contributed by atoms with van der Waals surface area (Å²) in [6.07, 6.45) is 0. The summed E-state index contributed by atoms with van der Waals surface area (Å²) in [4.78, 5) is 10.4. The van der Waals surface area contributed by atoms with Crippen LogP contribution in [0.1, 0.15) is 5.56 Å². The number of benzene rings is 2. The SMILES string of the molecule is O=C(Nc1cccc(-c2ccccc2CO)c1)C(Cl)Cl. The minimum Gasteiger partial charge on any atom is -0.392 e. The summed E-state index contributed by atoms with van der Waals surface area (Å²) in [5.41, 5.74) is 3.24. The van der Waals surface area contributed by atoms with Crippen molar-refractivity contribution in [2.45, 2.75) is 11.4 Å². The quantitative estimate of drug-likeness (QED) is 0.848. The van der Waals surface area contributed by atoms with Crippen LogP contribution >= 0.6 is 23.2 Å². The smallest absolute Gasteiger partial charge is 0.257 e. The minimum atomic E-state index is -1.11. The molecule has 2 N–H and O–H groups in total. The standard InChI is InChI=1S/C15H13Cl2NO2/c16-14(17)15(20)18-12-6-3-5-10(8-12)13-7-2-1-4-11(13)9-19/h1-8,14,19H,9H2,(H,18,20). The van der Waals surface area contributed by atoms with Gasteiger partial charge in [0.2, 0.25) is 0 Å². The van der Waals surface area contributed by atoms with Crippen molar-refractivity contribution >= 4 is 34.8 Å². The first-order chi connectivity index (χ1) is 9.61. The molecule has 0 aliphatic heterocycles. The van der Waals surface area contributed by atoms with Gasteiger partial charge in [-0.2, -0.15) is 0 Å². The van der Waals surface area contributed by atoms with Crippen molar-refractivity contribution < 1.29 is 9.90 Å². The lowest BCUT2D eigenvalue weighted by molar-refractivity contribution is -0.114. The molecule has 1 amide bonds. The Morgan fingerprint density at radius 2 is 1.90 bits per heavy atom. The van der Waals surface area contributed by atoms with E-state index in [-0.39, 0.29) is 6.61 Å². The Kier molecular flexibility index (Phi) is 5.01. The first-order valence-corrected chi connectivity index (χ1v) is 6.87. The van der Waals surface area contributed by atoms with Crippen LogP contribution in [0, 0.1) is 0 Å². The molecule has 0 aliphatic carbocycles. The monoisotopic (exact) mass is 309 g/mol. The van der Waals surface area contributed by atoms with E-state index in [2.05, 4.69) is 5.32 Å². The van der Waals surface area contributed by atoms with Crippen molar-refractivity contribution in [2.75, 3.05) is 5.32 Å². The Bertz CT molecular complexity index is 614. The minimum absolute atomic E-state index is 0.0435. The number of hydrogen-bond acceptors (Lipinski definition) is 2. The molecule has 2 aromatic rings. The Morgan fingerprint density at radius 3 is 2.60 bits per heavy atom. The van der Waals surface area contributed by atoms with Crippen LogP contribution in [0.5, 0.6) is 0 Å². The summed E-state index contributed by atoms with van der Waals surface area (Å²) in [6, 6.07) is 14.8. The summed E-state index contributed by atoms with van der Waals surface area (Å²) in [5.74, 6) is -0.471. The van der Waals surface area contributed by atoms with Crippen molar-refractivity contribution in [1.82, 2.24) is 0 Å². The van der Waals surface area contributed by atoms with E-state index in [1.807, 2.05) is 42.5 Å². The van der Waals surface area contributed by atoms with Crippen LogP contribution < -0.4 is 5.32 Å². The van der Waals surface area contributed by atoms with Crippen LogP contribution in [-0.4, -0.2) is 15.8 Å². The maximum atomic E-state index is 11.5. The molecular formula is C15H13Cl2NO2. The molecule has 0 unspecified atom stereocenters. The zero-order valence-corrected chi connectivity index (χ0v) is 12.0. The fourth-order valence-corrected chi connectivity index (χ4v) is 2.01. The van der Waals surface area contributed by atoms with Crippen molar-refractivity contribution in [1.29, 1.82) is 0 Å². The molecular weight excluding hydrogens is 297 g/mol. The molecule has 104 valence electrons. The van der Waals surface area contributed by atoms with Gasteiger partial charge in [0.25, 0.3) is 5.91 Å². The van der Waals surface area contributed by atoms with Gasteiger partial charge in [0.05, 0.1) is 6.61 Å². The van der Waals surface area contributed by atoms with Crippen LogP contribution in [0.2, 0.25) is 0 Å². The largest absolute Gasteiger partial charge is 0.392 e. The fourth-order valence-electron chi connectivity index (χ4n) is 1.90. The molecule has 5 heteroatoms. The molecule has 3 nitrogen and oxygen atoms in total. The number of aliphatic hydroxyl groups is 1. The van der Waals surface area contributed by atoms with Gasteiger partial charge in [0, 0.05) is 5.69 Å². The number of aliphatic hydroxyl groups excluding tert-OH is 1. The highest BCUT2D eigenvalue weighted by molar-refractivity contribution is 6.54. The third kappa shape index (κ3) is 3.51. The van der Waals surface area contributed by atoms with Gasteiger partial charge in [-0.3, -0.25) is 4.79 Å². The van der Waals surface area contributed by atoms with Gasteiger partial charge in [-0.25, -0.2) is 0 Å². The number of halogens is 2. The number of amides is 1. The summed E-state index contributed by atoms with van der Waals surface area (Å²) in [6.45, 7) is -0.0435. The number of anilines is 1. The van der Waals surface area contributed by atoms with E-state index in [4.69, 9.17) is 23.2 Å². The normalized spacial score (nSPS) is 10.6. The van der Waals surface area contributed by atoms with Crippen LogP contribution in [0.3, 0.4) is 0 Å². The van der Waals surface area contributed by atoms with Crippen molar-refractivity contribution in [3.8, 4) is 11.1 Å². The lowest BCUT2D eigenvalue weighted by Gasteiger charge is -2.10. The Hall–Kier alpha value is -1.55. The topological polar surface area (TPSA) is 49.3 Å². The molecule has 0 bridgehead atoms. The Balaban J connectivity index is 2.32. The maximum absolute atomic E-state index is 11.5. The molecule has 0 radical (unpaired) electrons. The summed E-state index contributed by atoms with van der Waals surface area (Å²) in [5, 5.41) is 12.0. The van der Waals surface area contributed by atoms with E-state index in [1.54, 1.807) is 6.07 Å². The molecule has 2 rings (SSSR count). The predicted molar refractivity (Wildman–Crippen MR) is 81.9 cm³/mol. The lowest BCUT2D eigenvalue weighted by atomic mass is 10.00. The number of rotatable bonds is 4. The van der Waals surface area contributed by atoms with Crippen molar-refractivity contribution in [3.63, 3.8) is 0 Å². The van der Waals surface area contributed by atoms with E-state index in [0.29, 0.717) is 5.69 Å². The lowest BCUT2D eigenvalue weighted by Crippen LogP contribution is -2.18. The molecule has 0 heterocycles. The zero-order chi connectivity index (χ0) is 14.5. The van der Waals surface area contributed by atoms with E-state index in [1.165, 1.54) is 0 Å². The maximum Gasteiger partial charge on any atom is 0.257 e. The van der Waals surface area contributed by atoms with Gasteiger partial charge in [-0.05, 0) is 28.8 Å². The first kappa shape index (κ1) is 14.9. The molecule has 0 saturated heterocycles. The summed E-state index contributed by atoms with van der Waals surface area (Å²) < 4.78 is 0. The zero-order valence-electron chi connectivity index (χ0n) is 10.5. The van der Waals surface area contributed by atoms with Gasteiger partial charge in [-0.1, -0.05) is 59.6 Å². The highest BCUT2D eigenvalue weighted by atomic mass is 35.5. The second-order valence-electron chi connectivity index (χ2n) is 4.19. The summed E-state index contributed by atoms with van der Waals surface area (Å²) >= 11 is 11.0. The molecule has 0 atom stereocenters. The van der Waals surface area contributed by atoms with Gasteiger partial charge < -0.3 is 10.4 Å². The molecule has 0 saturated carbocycles. The van der Waals surface area contributed by atoms with E-state index in [0.717, 1.165) is 16.7 Å². The first-order valence-electron chi connectivity index (χ1n) is 6.00. The van der Waals surface area contributed by atoms with E-state index < -0.39 is 10.7 Å². The van der Waals surface area contributed by atoms with Gasteiger partial charge in [-0.15, -0.1) is 0 Å². The van der Waals surface area contributed by atoms with E-state index >= 15 is 0 Å². The molecule has 0 aromatic heterocycles.